The van der Waals surface area contributed by atoms with Crippen LogP contribution in [0.3, 0.4) is 0 Å². The molecule has 1 unspecified atom stereocenters. The van der Waals surface area contributed by atoms with Gasteiger partial charge < -0.3 is 9.64 Å². The molecule has 1 rings (SSSR count). The number of methoxy groups -OCH3 is 1. The Kier molecular flexibility index (Phi) is 5.07. The molecule has 0 radical (unpaired) electrons. The first-order valence-corrected chi connectivity index (χ1v) is 6.28. The van der Waals surface area contributed by atoms with E-state index < -0.39 is 0 Å². The Hall–Kier alpha value is -0.0800. The van der Waals surface area contributed by atoms with E-state index in [2.05, 4.69) is 25.9 Å². The van der Waals surface area contributed by atoms with Gasteiger partial charge in [-0.15, -0.1) is 0 Å². The van der Waals surface area contributed by atoms with E-state index in [-0.39, 0.29) is 0 Å². The lowest BCUT2D eigenvalue weighted by Crippen LogP contribution is -2.42. The third-order valence-corrected chi connectivity index (χ3v) is 3.99. The molecule has 0 bridgehead atoms. The van der Waals surface area contributed by atoms with Gasteiger partial charge in [0, 0.05) is 19.1 Å². The van der Waals surface area contributed by atoms with Gasteiger partial charge in [0.1, 0.15) is 0 Å². The molecule has 0 aromatic rings. The van der Waals surface area contributed by atoms with Crippen LogP contribution in [0.1, 0.15) is 39.0 Å². The third kappa shape index (κ3) is 3.18. The standard InChI is InChI=1S/C13H27NO/c1-5-13(11-15-4,10-14(2)3)12-8-6-7-9-12/h12H,5-11H2,1-4H3. The Morgan fingerprint density at radius 2 is 1.87 bits per heavy atom. The first-order valence-electron chi connectivity index (χ1n) is 6.28. The molecule has 0 heterocycles. The highest BCUT2D eigenvalue weighted by atomic mass is 16.5. The summed E-state index contributed by atoms with van der Waals surface area (Å²) in [4.78, 5) is 2.32. The highest BCUT2D eigenvalue weighted by molar-refractivity contribution is 4.90. The van der Waals surface area contributed by atoms with Crippen molar-refractivity contribution in [2.24, 2.45) is 11.3 Å². The predicted molar refractivity (Wildman–Crippen MR) is 65.1 cm³/mol. The maximum absolute atomic E-state index is 5.48. The molecule has 1 saturated carbocycles. The molecule has 0 aliphatic heterocycles. The van der Waals surface area contributed by atoms with Crippen molar-refractivity contribution in [1.82, 2.24) is 4.90 Å². The molecule has 1 atom stereocenters. The van der Waals surface area contributed by atoms with E-state index in [9.17, 15) is 0 Å². The van der Waals surface area contributed by atoms with Gasteiger partial charge in [-0.1, -0.05) is 19.8 Å². The van der Waals surface area contributed by atoms with Crippen LogP contribution in [0.4, 0.5) is 0 Å². The lowest BCUT2D eigenvalue weighted by molar-refractivity contribution is 0.00915. The normalized spacial score (nSPS) is 22.2. The highest BCUT2D eigenvalue weighted by Gasteiger charge is 2.38. The van der Waals surface area contributed by atoms with Gasteiger partial charge in [0.15, 0.2) is 0 Å². The summed E-state index contributed by atoms with van der Waals surface area (Å²) in [5, 5.41) is 0. The Labute approximate surface area is 95.0 Å². The zero-order chi connectivity index (χ0) is 11.3. The molecule has 15 heavy (non-hydrogen) atoms. The van der Waals surface area contributed by atoms with Gasteiger partial charge in [0.05, 0.1) is 6.61 Å². The van der Waals surface area contributed by atoms with Crippen molar-refractivity contribution in [3.8, 4) is 0 Å². The van der Waals surface area contributed by atoms with Gasteiger partial charge in [0.2, 0.25) is 0 Å². The minimum absolute atomic E-state index is 0.398. The van der Waals surface area contributed by atoms with Gasteiger partial charge in [-0.05, 0) is 39.3 Å². The summed E-state index contributed by atoms with van der Waals surface area (Å²) < 4.78 is 5.48. The van der Waals surface area contributed by atoms with E-state index in [0.717, 1.165) is 12.5 Å². The van der Waals surface area contributed by atoms with E-state index in [1.807, 2.05) is 7.11 Å². The van der Waals surface area contributed by atoms with Gasteiger partial charge in [-0.2, -0.15) is 0 Å². The second kappa shape index (κ2) is 5.86. The molecule has 0 spiro atoms. The summed E-state index contributed by atoms with van der Waals surface area (Å²) in [5.41, 5.74) is 0.398. The van der Waals surface area contributed by atoms with Crippen molar-refractivity contribution in [2.75, 3.05) is 34.4 Å². The molecule has 0 aromatic heterocycles. The molecule has 0 amide bonds. The minimum atomic E-state index is 0.398. The smallest absolute Gasteiger partial charge is 0.0533 e. The molecule has 1 fully saturated rings. The summed E-state index contributed by atoms with van der Waals surface area (Å²) in [6.07, 6.45) is 6.90. The van der Waals surface area contributed by atoms with Crippen LogP contribution in [0.2, 0.25) is 0 Å². The highest BCUT2D eigenvalue weighted by Crippen LogP contribution is 2.42. The Morgan fingerprint density at radius 1 is 1.27 bits per heavy atom. The van der Waals surface area contributed by atoms with Crippen molar-refractivity contribution >= 4 is 0 Å². The maximum Gasteiger partial charge on any atom is 0.0533 e. The first kappa shape index (κ1) is 13.0. The molecule has 0 saturated heterocycles. The van der Waals surface area contributed by atoms with Crippen LogP contribution in [-0.2, 0) is 4.74 Å². The molecular weight excluding hydrogens is 186 g/mol. The third-order valence-electron chi connectivity index (χ3n) is 3.99. The van der Waals surface area contributed by atoms with Crippen LogP contribution >= 0.6 is 0 Å². The molecule has 90 valence electrons. The van der Waals surface area contributed by atoms with Crippen molar-refractivity contribution in [3.63, 3.8) is 0 Å². The Balaban J connectivity index is 2.70. The van der Waals surface area contributed by atoms with Crippen LogP contribution in [0, 0.1) is 11.3 Å². The summed E-state index contributed by atoms with van der Waals surface area (Å²) in [6.45, 7) is 4.41. The zero-order valence-electron chi connectivity index (χ0n) is 10.9. The second-order valence-corrected chi connectivity index (χ2v) is 5.37. The largest absolute Gasteiger partial charge is 0.384 e. The second-order valence-electron chi connectivity index (χ2n) is 5.37. The van der Waals surface area contributed by atoms with E-state index in [4.69, 9.17) is 4.74 Å². The first-order chi connectivity index (χ1) is 7.14. The molecule has 0 aromatic carbocycles. The van der Waals surface area contributed by atoms with E-state index in [1.165, 1.54) is 38.6 Å². The van der Waals surface area contributed by atoms with E-state index in [0.29, 0.717) is 5.41 Å². The molecule has 0 N–H and O–H groups in total. The number of ether oxygens (including phenoxy) is 1. The van der Waals surface area contributed by atoms with E-state index >= 15 is 0 Å². The number of rotatable bonds is 6. The summed E-state index contributed by atoms with van der Waals surface area (Å²) in [7, 11) is 6.19. The Bertz CT molecular complexity index is 175. The van der Waals surface area contributed by atoms with Crippen LogP contribution in [-0.4, -0.2) is 39.3 Å². The molecule has 2 nitrogen and oxygen atoms in total. The van der Waals surface area contributed by atoms with Crippen LogP contribution in [0.15, 0.2) is 0 Å². The summed E-state index contributed by atoms with van der Waals surface area (Å²) in [5.74, 6) is 0.879. The summed E-state index contributed by atoms with van der Waals surface area (Å²) >= 11 is 0. The van der Waals surface area contributed by atoms with Crippen molar-refractivity contribution in [1.29, 1.82) is 0 Å². The van der Waals surface area contributed by atoms with Crippen LogP contribution in [0.25, 0.3) is 0 Å². The number of hydrogen-bond acceptors (Lipinski definition) is 2. The lowest BCUT2D eigenvalue weighted by atomic mass is 9.72. The monoisotopic (exact) mass is 213 g/mol. The van der Waals surface area contributed by atoms with Gasteiger partial charge in [0.25, 0.3) is 0 Å². The number of hydrogen-bond donors (Lipinski definition) is 0. The summed E-state index contributed by atoms with van der Waals surface area (Å²) in [6, 6.07) is 0. The number of nitrogens with zero attached hydrogens (tertiary/aromatic N) is 1. The minimum Gasteiger partial charge on any atom is -0.384 e. The lowest BCUT2D eigenvalue weighted by Gasteiger charge is -2.40. The molecule has 2 heteroatoms. The van der Waals surface area contributed by atoms with Crippen molar-refractivity contribution in [2.45, 2.75) is 39.0 Å². The molecule has 1 aliphatic rings. The van der Waals surface area contributed by atoms with Crippen molar-refractivity contribution in [3.05, 3.63) is 0 Å². The SMILES string of the molecule is CCC(COC)(CN(C)C)C1CCCC1. The Morgan fingerprint density at radius 3 is 2.27 bits per heavy atom. The van der Waals surface area contributed by atoms with Crippen molar-refractivity contribution < 1.29 is 4.74 Å². The zero-order valence-corrected chi connectivity index (χ0v) is 10.9. The predicted octanol–water partition coefficient (Wildman–Crippen LogP) is 2.78. The van der Waals surface area contributed by atoms with Gasteiger partial charge in [-0.3, -0.25) is 0 Å². The fourth-order valence-electron chi connectivity index (χ4n) is 3.25. The fourth-order valence-corrected chi connectivity index (χ4v) is 3.25. The molecule has 1 aliphatic carbocycles. The fraction of sp³-hybridized carbons (Fsp3) is 1.00. The van der Waals surface area contributed by atoms with E-state index in [1.54, 1.807) is 0 Å². The van der Waals surface area contributed by atoms with Gasteiger partial charge in [-0.25, -0.2) is 0 Å². The maximum atomic E-state index is 5.48. The van der Waals surface area contributed by atoms with Gasteiger partial charge >= 0.3 is 0 Å². The van der Waals surface area contributed by atoms with Crippen LogP contribution in [0.5, 0.6) is 0 Å². The van der Waals surface area contributed by atoms with Crippen LogP contribution < -0.4 is 0 Å². The quantitative estimate of drug-likeness (QED) is 0.672. The average Bonchev–Trinajstić information content (AvgIpc) is 2.69. The average molecular weight is 213 g/mol. The topological polar surface area (TPSA) is 12.5 Å². The molecular formula is C13H27NO.